The second kappa shape index (κ2) is 10.7. The lowest BCUT2D eigenvalue weighted by atomic mass is 10.1. The maximum absolute atomic E-state index is 13.3. The molecule has 8 nitrogen and oxygen atoms in total. The minimum absolute atomic E-state index is 0.0775. The van der Waals surface area contributed by atoms with Crippen molar-refractivity contribution < 1.29 is 19.1 Å². The standard InChI is InChI=1S/C25H29ClN4O4S/c26-21-10-9-20(35-21)25(33)27-13-19(29-23(15-1-2-15)16-3-4-16)24(32)28-17-5-7-18(8-6-17)30-11-12-34-14-22(30)31/h5-10,15-16,19,23,29H,1-4,11-14H2,(H,27,33)(H,28,32)/t19-/m0/s1. The summed E-state index contributed by atoms with van der Waals surface area (Å²) in [6.45, 7) is 1.27. The fourth-order valence-electron chi connectivity index (χ4n) is 4.49. The smallest absolute Gasteiger partial charge is 0.261 e. The molecule has 2 aliphatic carbocycles. The minimum atomic E-state index is -0.568. The van der Waals surface area contributed by atoms with Crippen molar-refractivity contribution in [3.05, 3.63) is 45.6 Å². The van der Waals surface area contributed by atoms with Crippen molar-refractivity contribution >= 4 is 52.0 Å². The molecule has 5 rings (SSSR count). The van der Waals surface area contributed by atoms with E-state index in [1.54, 1.807) is 29.2 Å². The number of carbonyl (C=O) groups excluding carboxylic acids is 3. The molecule has 3 N–H and O–H groups in total. The monoisotopic (exact) mass is 516 g/mol. The van der Waals surface area contributed by atoms with E-state index >= 15 is 0 Å². The van der Waals surface area contributed by atoms with E-state index in [0.717, 1.165) is 5.69 Å². The summed E-state index contributed by atoms with van der Waals surface area (Å²) in [6, 6.07) is 10.3. The molecule has 10 heteroatoms. The van der Waals surface area contributed by atoms with Gasteiger partial charge >= 0.3 is 0 Å². The van der Waals surface area contributed by atoms with Gasteiger partial charge in [0, 0.05) is 30.5 Å². The Hall–Kier alpha value is -2.46. The number of morpholine rings is 1. The number of rotatable bonds is 10. The zero-order chi connectivity index (χ0) is 24.4. The molecule has 1 aromatic carbocycles. The number of thiophene rings is 1. The number of halogens is 1. The second-order valence-corrected chi connectivity index (χ2v) is 11.1. The van der Waals surface area contributed by atoms with Gasteiger partial charge < -0.3 is 25.6 Å². The van der Waals surface area contributed by atoms with E-state index in [0.29, 0.717) is 45.9 Å². The van der Waals surface area contributed by atoms with E-state index in [-0.39, 0.29) is 30.9 Å². The maximum atomic E-state index is 13.3. The first-order valence-corrected chi connectivity index (χ1v) is 13.3. The number of nitrogens with one attached hydrogen (secondary N) is 3. The highest BCUT2D eigenvalue weighted by Gasteiger charge is 2.43. The predicted octanol–water partition coefficient (Wildman–Crippen LogP) is 3.28. The number of benzene rings is 1. The fourth-order valence-corrected chi connectivity index (χ4v) is 5.45. The number of ether oxygens (including phenoxy) is 1. The predicted molar refractivity (Wildman–Crippen MR) is 136 cm³/mol. The van der Waals surface area contributed by atoms with Crippen molar-refractivity contribution in [3.63, 3.8) is 0 Å². The first kappa shape index (κ1) is 24.2. The van der Waals surface area contributed by atoms with Crippen LogP contribution in [0.5, 0.6) is 0 Å². The molecule has 2 aromatic rings. The van der Waals surface area contributed by atoms with Gasteiger partial charge in [-0.1, -0.05) is 11.6 Å². The van der Waals surface area contributed by atoms with Crippen molar-refractivity contribution in [2.24, 2.45) is 11.8 Å². The summed E-state index contributed by atoms with van der Waals surface area (Å²) in [5.74, 6) is 0.697. The molecule has 1 aromatic heterocycles. The van der Waals surface area contributed by atoms with Gasteiger partial charge in [-0.05, 0) is 73.9 Å². The average molecular weight is 517 g/mol. The van der Waals surface area contributed by atoms with Crippen LogP contribution in [0, 0.1) is 11.8 Å². The maximum Gasteiger partial charge on any atom is 0.261 e. The quantitative estimate of drug-likeness (QED) is 0.450. The molecule has 0 bridgehead atoms. The zero-order valence-corrected chi connectivity index (χ0v) is 20.9. The van der Waals surface area contributed by atoms with E-state index in [1.165, 1.54) is 37.0 Å². The van der Waals surface area contributed by atoms with Crippen molar-refractivity contribution in [1.29, 1.82) is 0 Å². The van der Waals surface area contributed by atoms with Crippen LogP contribution in [0.25, 0.3) is 0 Å². The SMILES string of the molecule is O=C(NC[C@H](NC(C1CC1)C1CC1)C(=O)Nc1ccc(N2CCOCC2=O)cc1)c1ccc(Cl)s1. The Bertz CT molecular complexity index is 1070. The summed E-state index contributed by atoms with van der Waals surface area (Å²) in [5, 5.41) is 9.43. The molecule has 3 aliphatic rings. The van der Waals surface area contributed by atoms with Gasteiger partial charge in [0.2, 0.25) is 5.91 Å². The number of anilines is 2. The van der Waals surface area contributed by atoms with Gasteiger partial charge in [0.05, 0.1) is 15.8 Å². The van der Waals surface area contributed by atoms with Gasteiger partial charge in [-0.2, -0.15) is 0 Å². The van der Waals surface area contributed by atoms with Crippen molar-refractivity contribution in [2.75, 3.05) is 36.5 Å². The Labute approximate surface area is 213 Å². The average Bonchev–Trinajstić information content (AvgIpc) is 3.79. The lowest BCUT2D eigenvalue weighted by molar-refractivity contribution is -0.125. The molecule has 0 radical (unpaired) electrons. The largest absolute Gasteiger partial charge is 0.370 e. The van der Waals surface area contributed by atoms with Crippen LogP contribution in [0.1, 0.15) is 35.4 Å². The number of carbonyl (C=O) groups is 3. The van der Waals surface area contributed by atoms with Crippen LogP contribution < -0.4 is 20.9 Å². The van der Waals surface area contributed by atoms with Gasteiger partial charge in [0.15, 0.2) is 0 Å². The normalized spacial score (nSPS) is 19.0. The summed E-state index contributed by atoms with van der Waals surface area (Å²) in [7, 11) is 0. The summed E-state index contributed by atoms with van der Waals surface area (Å²) >= 11 is 7.18. The molecule has 3 amide bonds. The molecular weight excluding hydrogens is 488 g/mol. The van der Waals surface area contributed by atoms with Gasteiger partial charge in [0.25, 0.3) is 11.8 Å². The van der Waals surface area contributed by atoms with Crippen molar-refractivity contribution in [3.8, 4) is 0 Å². The Morgan fingerprint density at radius 1 is 1.09 bits per heavy atom. The zero-order valence-electron chi connectivity index (χ0n) is 19.3. The van der Waals surface area contributed by atoms with E-state index < -0.39 is 6.04 Å². The number of amides is 3. The Morgan fingerprint density at radius 2 is 1.80 bits per heavy atom. The fraction of sp³-hybridized carbons (Fsp3) is 0.480. The molecule has 2 heterocycles. The van der Waals surface area contributed by atoms with Crippen molar-refractivity contribution in [1.82, 2.24) is 10.6 Å². The van der Waals surface area contributed by atoms with E-state index in [4.69, 9.17) is 16.3 Å². The van der Waals surface area contributed by atoms with E-state index in [1.807, 2.05) is 12.1 Å². The van der Waals surface area contributed by atoms with Crippen LogP contribution in [0.4, 0.5) is 11.4 Å². The molecule has 1 saturated heterocycles. The Balaban J connectivity index is 1.24. The molecule has 1 atom stereocenters. The number of hydrogen-bond acceptors (Lipinski definition) is 6. The molecule has 0 spiro atoms. The highest BCUT2D eigenvalue weighted by atomic mass is 35.5. The summed E-state index contributed by atoms with van der Waals surface area (Å²) in [4.78, 5) is 40.2. The molecule has 3 fully saturated rings. The van der Waals surface area contributed by atoms with Crippen molar-refractivity contribution in [2.45, 2.75) is 37.8 Å². The van der Waals surface area contributed by atoms with Crippen LogP contribution >= 0.6 is 22.9 Å². The highest BCUT2D eigenvalue weighted by molar-refractivity contribution is 7.18. The molecule has 2 saturated carbocycles. The molecule has 0 unspecified atom stereocenters. The van der Waals surface area contributed by atoms with E-state index in [9.17, 15) is 14.4 Å². The molecular formula is C25H29ClN4O4S. The van der Waals surface area contributed by atoms with Gasteiger partial charge in [-0.15, -0.1) is 11.3 Å². The van der Waals surface area contributed by atoms with Crippen LogP contribution in [0.3, 0.4) is 0 Å². The van der Waals surface area contributed by atoms with Crippen LogP contribution in [-0.2, 0) is 14.3 Å². The molecule has 1 aliphatic heterocycles. The second-order valence-electron chi connectivity index (χ2n) is 9.37. The first-order chi connectivity index (χ1) is 17.0. The third-order valence-corrected chi connectivity index (χ3v) is 7.90. The molecule has 35 heavy (non-hydrogen) atoms. The van der Waals surface area contributed by atoms with Gasteiger partial charge in [0.1, 0.15) is 12.6 Å². The van der Waals surface area contributed by atoms with Crippen LogP contribution in [-0.4, -0.2) is 56.1 Å². The lowest BCUT2D eigenvalue weighted by Crippen LogP contribution is -2.53. The van der Waals surface area contributed by atoms with Crippen LogP contribution in [0.15, 0.2) is 36.4 Å². The highest BCUT2D eigenvalue weighted by Crippen LogP contribution is 2.44. The van der Waals surface area contributed by atoms with Crippen LogP contribution in [0.2, 0.25) is 4.34 Å². The van der Waals surface area contributed by atoms with E-state index in [2.05, 4.69) is 16.0 Å². The third kappa shape index (κ3) is 6.22. The Morgan fingerprint density at radius 3 is 2.40 bits per heavy atom. The summed E-state index contributed by atoms with van der Waals surface area (Å²) in [5.41, 5.74) is 1.41. The first-order valence-electron chi connectivity index (χ1n) is 12.1. The Kier molecular flexibility index (Phi) is 7.38. The number of hydrogen-bond donors (Lipinski definition) is 3. The third-order valence-electron chi connectivity index (χ3n) is 6.67. The number of nitrogens with zero attached hydrogens (tertiary/aromatic N) is 1. The van der Waals surface area contributed by atoms with Gasteiger partial charge in [-0.25, -0.2) is 0 Å². The lowest BCUT2D eigenvalue weighted by Gasteiger charge is -2.27. The minimum Gasteiger partial charge on any atom is -0.370 e. The molecule has 186 valence electrons. The topological polar surface area (TPSA) is 99.8 Å². The summed E-state index contributed by atoms with van der Waals surface area (Å²) < 4.78 is 5.74. The van der Waals surface area contributed by atoms with Gasteiger partial charge in [-0.3, -0.25) is 14.4 Å². The summed E-state index contributed by atoms with van der Waals surface area (Å²) in [6.07, 6.45) is 4.74.